The number of nitrogens with zero attached hydrogens (tertiary/aromatic N) is 3. The van der Waals surface area contributed by atoms with E-state index in [4.69, 9.17) is 4.98 Å². The van der Waals surface area contributed by atoms with Crippen molar-refractivity contribution in [3.05, 3.63) is 107 Å². The smallest absolute Gasteiger partial charge is 0.227 e. The highest BCUT2D eigenvalue weighted by molar-refractivity contribution is 5.85. The van der Waals surface area contributed by atoms with Crippen molar-refractivity contribution < 1.29 is 4.39 Å². The van der Waals surface area contributed by atoms with E-state index >= 15 is 0 Å². The Morgan fingerprint density at radius 1 is 0.973 bits per heavy atom. The van der Waals surface area contributed by atoms with Gasteiger partial charge in [-0.1, -0.05) is 67.9 Å². The molecule has 0 saturated heterocycles. The molecule has 1 aliphatic rings. The number of anilines is 2. The van der Waals surface area contributed by atoms with E-state index in [1.165, 1.54) is 24.5 Å². The average molecular weight is 517 g/mol. The van der Waals surface area contributed by atoms with Gasteiger partial charge in [-0.15, -0.1) is 12.4 Å². The van der Waals surface area contributed by atoms with Crippen molar-refractivity contribution in [3.63, 3.8) is 0 Å². The number of hydrogen-bond acceptors (Lipinski definition) is 4. The maximum Gasteiger partial charge on any atom is 0.227 e. The second-order valence-electron chi connectivity index (χ2n) is 9.67. The predicted octanol–water partition coefficient (Wildman–Crippen LogP) is 7.41. The topological polar surface area (TPSA) is 41.0 Å². The monoisotopic (exact) mass is 516 g/mol. The maximum absolute atomic E-state index is 14.7. The van der Waals surface area contributed by atoms with Crippen LogP contribution in [-0.2, 0) is 12.8 Å². The number of likely N-dealkylation sites (N-methyl/N-ethyl adjacent to an activating group) is 1. The van der Waals surface area contributed by atoms with Gasteiger partial charge in [-0.2, -0.15) is 0 Å². The van der Waals surface area contributed by atoms with Crippen LogP contribution in [0, 0.1) is 5.82 Å². The molecule has 4 aromatic rings. The zero-order chi connectivity index (χ0) is 24.9. The zero-order valence-electron chi connectivity index (χ0n) is 21.5. The summed E-state index contributed by atoms with van der Waals surface area (Å²) in [6, 6.07) is 23.7. The molecule has 0 fully saturated rings. The van der Waals surface area contributed by atoms with E-state index in [-0.39, 0.29) is 24.1 Å². The predicted molar refractivity (Wildman–Crippen MR) is 152 cm³/mol. The Morgan fingerprint density at radius 3 is 2.57 bits per heavy atom. The van der Waals surface area contributed by atoms with Crippen molar-refractivity contribution in [2.24, 2.45) is 0 Å². The van der Waals surface area contributed by atoms with Crippen LogP contribution >= 0.6 is 12.4 Å². The number of benzene rings is 3. The zero-order valence-corrected chi connectivity index (χ0v) is 22.3. The Labute approximate surface area is 225 Å². The Bertz CT molecular complexity index is 1340. The first-order valence-electron chi connectivity index (χ1n) is 12.9. The van der Waals surface area contributed by atoms with Crippen molar-refractivity contribution in [1.29, 1.82) is 0 Å². The molecule has 1 aromatic heterocycles. The summed E-state index contributed by atoms with van der Waals surface area (Å²) in [6.07, 6.45) is 6.03. The van der Waals surface area contributed by atoms with Crippen LogP contribution in [0.3, 0.4) is 0 Å². The number of hydrogen-bond donors (Lipinski definition) is 1. The van der Waals surface area contributed by atoms with Gasteiger partial charge in [0.05, 0.1) is 5.69 Å². The van der Waals surface area contributed by atoms with Crippen LogP contribution in [0.15, 0.2) is 79.0 Å². The van der Waals surface area contributed by atoms with Crippen LogP contribution in [0.4, 0.5) is 16.0 Å². The van der Waals surface area contributed by atoms with E-state index < -0.39 is 0 Å². The lowest BCUT2D eigenvalue weighted by molar-refractivity contribution is 0.332. The van der Waals surface area contributed by atoms with Gasteiger partial charge in [0.1, 0.15) is 5.82 Å². The molecule has 192 valence electrons. The number of halogens is 2. The Morgan fingerprint density at radius 2 is 1.76 bits per heavy atom. The van der Waals surface area contributed by atoms with Crippen LogP contribution in [0.1, 0.15) is 47.9 Å². The normalized spacial score (nSPS) is 14.0. The van der Waals surface area contributed by atoms with Gasteiger partial charge in [0.2, 0.25) is 5.95 Å². The molecule has 0 unspecified atom stereocenters. The Kier molecular flexibility index (Phi) is 8.91. The highest BCUT2D eigenvalue weighted by atomic mass is 35.5. The summed E-state index contributed by atoms with van der Waals surface area (Å²) >= 11 is 0. The lowest BCUT2D eigenvalue weighted by Crippen LogP contribution is -2.22. The minimum Gasteiger partial charge on any atom is -0.324 e. The molecule has 0 saturated carbocycles. The molecule has 0 spiro atoms. The van der Waals surface area contributed by atoms with E-state index in [0.717, 1.165) is 53.1 Å². The van der Waals surface area contributed by atoms with E-state index in [2.05, 4.69) is 65.6 Å². The van der Waals surface area contributed by atoms with Gasteiger partial charge in [0.15, 0.2) is 0 Å². The molecule has 4 nitrogen and oxygen atoms in total. The average Bonchev–Trinajstić information content (AvgIpc) is 2.91. The summed E-state index contributed by atoms with van der Waals surface area (Å²) in [7, 11) is 2.19. The quantitative estimate of drug-likeness (QED) is 0.251. The molecule has 3 aromatic carbocycles. The molecule has 0 amide bonds. The molecule has 1 N–H and O–H groups in total. The van der Waals surface area contributed by atoms with E-state index in [0.29, 0.717) is 12.4 Å². The Balaban J connectivity index is 0.00000320. The van der Waals surface area contributed by atoms with Crippen LogP contribution in [-0.4, -0.2) is 35.0 Å². The Hall–Kier alpha value is -3.28. The summed E-state index contributed by atoms with van der Waals surface area (Å²) in [6.45, 7) is 4.40. The molecule has 5 rings (SSSR count). The summed E-state index contributed by atoms with van der Waals surface area (Å²) in [5, 5.41) is 3.40. The van der Waals surface area contributed by atoms with E-state index in [1.807, 2.05) is 30.5 Å². The van der Waals surface area contributed by atoms with E-state index in [1.54, 1.807) is 6.07 Å². The lowest BCUT2D eigenvalue weighted by Gasteiger charge is -2.27. The molecular weight excluding hydrogens is 483 g/mol. The standard InChI is InChI=1S/C31H33FN4.ClH/c1-3-4-17-36(2)18-16-22-10-9-11-24(19-22)34-31-33-21-23-20-28(26-13-7-8-15-29(26)32)25-12-5-6-14-27(25)30(23)35-31;/h5-15,19,21,28H,3-4,16-18,20H2,1-2H3,(H,33,34,35);1H/t28-;/m1./s1. The van der Waals surface area contributed by atoms with Crippen molar-refractivity contribution in [3.8, 4) is 11.3 Å². The fourth-order valence-corrected chi connectivity index (χ4v) is 5.02. The summed E-state index contributed by atoms with van der Waals surface area (Å²) < 4.78 is 14.7. The lowest BCUT2D eigenvalue weighted by atomic mass is 9.78. The highest BCUT2D eigenvalue weighted by Gasteiger charge is 2.28. The van der Waals surface area contributed by atoms with Crippen LogP contribution in [0.2, 0.25) is 0 Å². The van der Waals surface area contributed by atoms with Gasteiger partial charge in [0, 0.05) is 29.9 Å². The van der Waals surface area contributed by atoms with Crippen LogP contribution in [0.5, 0.6) is 0 Å². The molecule has 0 radical (unpaired) electrons. The number of rotatable bonds is 9. The van der Waals surface area contributed by atoms with Crippen LogP contribution < -0.4 is 5.32 Å². The van der Waals surface area contributed by atoms with Gasteiger partial charge >= 0.3 is 0 Å². The third-order valence-corrected chi connectivity index (χ3v) is 7.02. The molecule has 6 heteroatoms. The van der Waals surface area contributed by atoms with Gasteiger partial charge in [-0.25, -0.2) is 14.4 Å². The first-order chi connectivity index (χ1) is 17.6. The second-order valence-corrected chi connectivity index (χ2v) is 9.67. The van der Waals surface area contributed by atoms with Gasteiger partial charge in [-0.05, 0) is 73.3 Å². The molecule has 1 atom stereocenters. The fourth-order valence-electron chi connectivity index (χ4n) is 5.02. The van der Waals surface area contributed by atoms with Gasteiger partial charge < -0.3 is 10.2 Å². The molecule has 37 heavy (non-hydrogen) atoms. The second kappa shape index (κ2) is 12.3. The molecule has 1 heterocycles. The number of fused-ring (bicyclic) bond motifs is 3. The van der Waals surface area contributed by atoms with Crippen molar-refractivity contribution in [1.82, 2.24) is 14.9 Å². The summed E-state index contributed by atoms with van der Waals surface area (Å²) in [5.41, 5.74) is 7.10. The van der Waals surface area contributed by atoms with Gasteiger partial charge in [0.25, 0.3) is 0 Å². The van der Waals surface area contributed by atoms with Gasteiger partial charge in [-0.3, -0.25) is 0 Å². The highest BCUT2D eigenvalue weighted by Crippen LogP contribution is 2.42. The SMILES string of the molecule is CCCCN(C)CCc1cccc(Nc2ncc3c(n2)-c2ccccc2[C@H](c2ccccc2F)C3)c1.Cl. The van der Waals surface area contributed by atoms with E-state index in [9.17, 15) is 4.39 Å². The first-order valence-corrected chi connectivity index (χ1v) is 12.9. The van der Waals surface area contributed by atoms with Crippen LogP contribution in [0.25, 0.3) is 11.3 Å². The summed E-state index contributed by atoms with van der Waals surface area (Å²) in [5.74, 6) is 0.353. The molecule has 1 aliphatic carbocycles. The number of aromatic nitrogens is 2. The first kappa shape index (κ1) is 26.8. The van der Waals surface area contributed by atoms with Crippen molar-refractivity contribution in [2.75, 3.05) is 25.5 Å². The largest absolute Gasteiger partial charge is 0.324 e. The third-order valence-electron chi connectivity index (χ3n) is 7.02. The maximum atomic E-state index is 14.7. The molecule has 0 aliphatic heterocycles. The fraction of sp³-hybridized carbons (Fsp3) is 0.290. The van der Waals surface area contributed by atoms with Crippen molar-refractivity contribution in [2.45, 2.75) is 38.5 Å². The molecule has 0 bridgehead atoms. The summed E-state index contributed by atoms with van der Waals surface area (Å²) in [4.78, 5) is 11.9. The minimum atomic E-state index is -0.170. The third kappa shape index (κ3) is 6.17. The minimum absolute atomic E-state index is 0. The number of unbranched alkanes of at least 4 members (excludes halogenated alkanes) is 1. The number of nitrogens with one attached hydrogen (secondary N) is 1. The van der Waals surface area contributed by atoms with Crippen molar-refractivity contribution >= 4 is 24.0 Å². The molecular formula is C31H34ClFN4.